The first-order valence-electron chi connectivity index (χ1n) is 14.3. The van der Waals surface area contributed by atoms with Crippen LogP contribution in [0, 0.1) is 5.41 Å². The molecule has 0 bridgehead atoms. The minimum absolute atomic E-state index is 0.112. The topological polar surface area (TPSA) is 131 Å². The van der Waals surface area contributed by atoms with Gasteiger partial charge in [-0.2, -0.15) is 0 Å². The second-order valence-electron chi connectivity index (χ2n) is 12.3. The summed E-state index contributed by atoms with van der Waals surface area (Å²) in [5.74, 6) is 0. The molecule has 234 valence electrons. The van der Waals surface area contributed by atoms with Crippen molar-refractivity contribution in [3.63, 3.8) is 0 Å². The van der Waals surface area contributed by atoms with Crippen LogP contribution in [0.5, 0.6) is 0 Å². The van der Waals surface area contributed by atoms with Crippen LogP contribution in [0.2, 0.25) is 0 Å². The predicted molar refractivity (Wildman–Crippen MR) is 151 cm³/mol. The summed E-state index contributed by atoms with van der Waals surface area (Å²) in [5.41, 5.74) is -0.544. The monoisotopic (exact) mass is 642 g/mol. The van der Waals surface area contributed by atoms with Gasteiger partial charge in [0.05, 0.1) is 30.0 Å². The van der Waals surface area contributed by atoms with E-state index in [0.29, 0.717) is 92.3 Å². The number of anilines is 1. The molecule has 1 unspecified atom stereocenters. The molecular weight excluding hydrogens is 609 g/mol. The maximum absolute atomic E-state index is 13.8. The number of pyridine rings is 1. The third-order valence-electron chi connectivity index (χ3n) is 9.61. The number of hydrogen-bond acceptors (Lipinski definition) is 10. The average Bonchev–Trinajstić information content (AvgIpc) is 3.83. The van der Waals surface area contributed by atoms with E-state index in [1.54, 1.807) is 11.5 Å². The first-order valence-corrected chi connectivity index (χ1v) is 16.6. The number of aromatic nitrogens is 4. The normalized spacial score (nSPS) is 25.7. The molecule has 7 rings (SSSR count). The van der Waals surface area contributed by atoms with Crippen LogP contribution in [0.25, 0.3) is 16.3 Å². The second kappa shape index (κ2) is 10.1. The summed E-state index contributed by atoms with van der Waals surface area (Å²) in [5, 5.41) is 18.3. The Bertz CT molecular complexity index is 1660. The number of rotatable bonds is 9. The largest absolute Gasteiger partial charge is 0.390 e. The predicted octanol–water partition coefficient (Wildman–Crippen LogP) is 3.57. The molecule has 4 aliphatic rings. The van der Waals surface area contributed by atoms with E-state index < -0.39 is 50.8 Å². The second-order valence-corrected chi connectivity index (χ2v) is 15.0. The molecular formula is C27H33F3N6O5S2. The van der Waals surface area contributed by atoms with Crippen molar-refractivity contribution in [3.05, 3.63) is 23.0 Å². The van der Waals surface area contributed by atoms with Crippen molar-refractivity contribution in [1.82, 2.24) is 24.3 Å². The number of ether oxygens (including phenoxy) is 2. The van der Waals surface area contributed by atoms with Crippen molar-refractivity contribution in [2.24, 2.45) is 5.41 Å². The van der Waals surface area contributed by atoms with Crippen LogP contribution in [0.1, 0.15) is 62.6 Å². The van der Waals surface area contributed by atoms with E-state index in [4.69, 9.17) is 14.5 Å². The van der Waals surface area contributed by atoms with Gasteiger partial charge in [0, 0.05) is 31.8 Å². The van der Waals surface area contributed by atoms with Crippen molar-refractivity contribution >= 4 is 32.7 Å². The number of nitrogens with one attached hydrogen (secondary N) is 1. The van der Waals surface area contributed by atoms with Gasteiger partial charge in [-0.15, -0.1) is 10.2 Å². The Kier molecular flexibility index (Phi) is 6.87. The van der Waals surface area contributed by atoms with Gasteiger partial charge in [0.2, 0.25) is 10.0 Å². The van der Waals surface area contributed by atoms with Gasteiger partial charge in [-0.25, -0.2) is 31.3 Å². The molecule has 1 spiro atoms. The van der Waals surface area contributed by atoms with Crippen LogP contribution in [-0.4, -0.2) is 84.3 Å². The lowest BCUT2D eigenvalue weighted by Gasteiger charge is -2.41. The lowest BCUT2D eigenvalue weighted by molar-refractivity contribution is 0.0250. The highest BCUT2D eigenvalue weighted by Gasteiger charge is 2.52. The van der Waals surface area contributed by atoms with Crippen LogP contribution in [-0.2, 0) is 25.1 Å². The number of alkyl halides is 3. The maximum atomic E-state index is 13.8. The van der Waals surface area contributed by atoms with Crippen molar-refractivity contribution < 1.29 is 36.2 Å². The molecule has 2 aliphatic heterocycles. The summed E-state index contributed by atoms with van der Waals surface area (Å²) in [6.07, 6.45) is 0.989. The molecule has 2 saturated carbocycles. The lowest BCUT2D eigenvalue weighted by Crippen LogP contribution is -2.47. The SMILES string of the molecule is COC1(c2nc3c(N4CCC5(CC4)CO[C@H](C)C5O)cc(S(=O)(=O)NC4(CF)CC4)cn3c2-c2nnc(C(F)F)s2)CC1. The Morgan fingerprint density at radius 2 is 1.93 bits per heavy atom. The maximum Gasteiger partial charge on any atom is 0.291 e. The Morgan fingerprint density at radius 1 is 1.21 bits per heavy atom. The molecule has 2 atom stereocenters. The molecule has 3 aromatic rings. The number of piperidine rings is 1. The number of sulfonamides is 1. The Labute approximate surface area is 250 Å². The fourth-order valence-corrected chi connectivity index (χ4v) is 8.64. The summed E-state index contributed by atoms with van der Waals surface area (Å²) in [4.78, 5) is 6.87. The summed E-state index contributed by atoms with van der Waals surface area (Å²) in [6.45, 7) is 2.46. The highest BCUT2D eigenvalue weighted by Crippen LogP contribution is 2.53. The van der Waals surface area contributed by atoms with Crippen LogP contribution < -0.4 is 9.62 Å². The minimum Gasteiger partial charge on any atom is -0.390 e. The highest BCUT2D eigenvalue weighted by molar-refractivity contribution is 7.89. The number of imidazole rings is 1. The quantitative estimate of drug-likeness (QED) is 0.360. The molecule has 2 N–H and O–H groups in total. The third kappa shape index (κ3) is 4.76. The zero-order valence-corrected chi connectivity index (χ0v) is 25.4. The van der Waals surface area contributed by atoms with Crippen molar-refractivity contribution in [2.45, 2.75) is 80.1 Å². The molecule has 5 heterocycles. The van der Waals surface area contributed by atoms with Gasteiger partial charge in [0.1, 0.15) is 28.6 Å². The molecule has 4 fully saturated rings. The first kappa shape index (κ1) is 29.3. The molecule has 11 nitrogen and oxygen atoms in total. The number of aliphatic hydroxyl groups is 1. The minimum atomic E-state index is -4.19. The zero-order chi connectivity index (χ0) is 30.4. The molecule has 0 aromatic carbocycles. The van der Waals surface area contributed by atoms with E-state index in [0.717, 1.165) is 0 Å². The van der Waals surface area contributed by atoms with E-state index in [9.17, 15) is 26.7 Å². The van der Waals surface area contributed by atoms with Crippen LogP contribution in [0.4, 0.5) is 18.9 Å². The van der Waals surface area contributed by atoms with Gasteiger partial charge in [0.15, 0.2) is 15.7 Å². The number of methoxy groups -OCH3 is 1. The fraction of sp³-hybridized carbons (Fsp3) is 0.667. The molecule has 16 heteroatoms. The van der Waals surface area contributed by atoms with Gasteiger partial charge in [-0.1, -0.05) is 11.3 Å². The summed E-state index contributed by atoms with van der Waals surface area (Å²) in [6, 6.07) is 1.53. The Balaban J connectivity index is 1.39. The zero-order valence-electron chi connectivity index (χ0n) is 23.7. The number of nitrogens with zero attached hydrogens (tertiary/aromatic N) is 5. The lowest BCUT2D eigenvalue weighted by atomic mass is 9.74. The van der Waals surface area contributed by atoms with E-state index >= 15 is 0 Å². The number of fused-ring (bicyclic) bond motifs is 1. The summed E-state index contributed by atoms with van der Waals surface area (Å²) < 4.78 is 84.0. The van der Waals surface area contributed by atoms with Crippen molar-refractivity contribution in [2.75, 3.05) is 38.4 Å². The van der Waals surface area contributed by atoms with Gasteiger partial charge >= 0.3 is 0 Å². The van der Waals surface area contributed by atoms with Crippen LogP contribution in [0.3, 0.4) is 0 Å². The van der Waals surface area contributed by atoms with Crippen LogP contribution >= 0.6 is 11.3 Å². The number of halogens is 3. The van der Waals surface area contributed by atoms with E-state index in [-0.39, 0.29) is 16.0 Å². The van der Waals surface area contributed by atoms with Gasteiger partial charge < -0.3 is 19.5 Å². The standard InChI is InChI=1S/C27H33F3N6O5S2/c1-15-20(37)25(14-41-15)7-9-35(10-8-25)17-11-16(43(38,39)34-26(13-28)3-4-26)12-36-18(23-32-33-24(42-23)21(29)30)19(31-22(17)36)27(40-2)5-6-27/h11-12,15,20-21,34,37H,3-10,13-14H2,1-2H3/t15-,20?/m1/s1. The summed E-state index contributed by atoms with van der Waals surface area (Å²) in [7, 11) is -2.64. The van der Waals surface area contributed by atoms with Crippen molar-refractivity contribution in [3.8, 4) is 10.7 Å². The Hall–Kier alpha value is -2.37. The molecule has 0 radical (unpaired) electrons. The van der Waals surface area contributed by atoms with E-state index in [1.807, 2.05) is 11.8 Å². The highest BCUT2D eigenvalue weighted by atomic mass is 32.2. The van der Waals surface area contributed by atoms with Crippen molar-refractivity contribution in [1.29, 1.82) is 0 Å². The van der Waals surface area contributed by atoms with Gasteiger partial charge in [0.25, 0.3) is 6.43 Å². The number of hydrogen-bond donors (Lipinski definition) is 2. The Morgan fingerprint density at radius 3 is 2.47 bits per heavy atom. The molecule has 2 aliphatic carbocycles. The summed E-state index contributed by atoms with van der Waals surface area (Å²) >= 11 is 0.715. The van der Waals surface area contributed by atoms with E-state index in [2.05, 4.69) is 14.9 Å². The molecule has 43 heavy (non-hydrogen) atoms. The van der Waals surface area contributed by atoms with Crippen LogP contribution in [0.15, 0.2) is 17.2 Å². The van der Waals surface area contributed by atoms with Gasteiger partial charge in [-0.05, 0) is 51.5 Å². The molecule has 0 amide bonds. The average molecular weight is 643 g/mol. The van der Waals surface area contributed by atoms with Gasteiger partial charge in [-0.3, -0.25) is 4.40 Å². The molecule has 3 aromatic heterocycles. The third-order valence-corrected chi connectivity index (χ3v) is 12.1. The molecule has 2 saturated heterocycles. The van der Waals surface area contributed by atoms with E-state index in [1.165, 1.54) is 12.3 Å². The fourth-order valence-electron chi connectivity index (χ4n) is 6.44. The number of aliphatic hydroxyl groups excluding tert-OH is 1. The first-order chi connectivity index (χ1) is 20.5. The smallest absolute Gasteiger partial charge is 0.291 e.